The third kappa shape index (κ3) is 1.83. The van der Waals surface area contributed by atoms with Gasteiger partial charge in [-0.15, -0.1) is 0 Å². The van der Waals surface area contributed by atoms with Crippen LogP contribution in [0.15, 0.2) is 16.9 Å². The van der Waals surface area contributed by atoms with Gasteiger partial charge in [0.1, 0.15) is 29.2 Å². The molecule has 1 aliphatic rings. The molecular formula is C16H19N5O. The summed E-state index contributed by atoms with van der Waals surface area (Å²) in [6.45, 7) is 6.34. The van der Waals surface area contributed by atoms with E-state index in [0.717, 1.165) is 33.7 Å². The minimum absolute atomic E-state index is 0.278. The van der Waals surface area contributed by atoms with Crippen molar-refractivity contribution in [3.8, 4) is 11.3 Å². The Bertz CT molecular complexity index is 857. The Morgan fingerprint density at radius 1 is 1.32 bits per heavy atom. The van der Waals surface area contributed by atoms with Gasteiger partial charge in [-0.1, -0.05) is 5.16 Å². The van der Waals surface area contributed by atoms with Crippen LogP contribution in [0.2, 0.25) is 0 Å². The van der Waals surface area contributed by atoms with Gasteiger partial charge in [-0.05, 0) is 33.6 Å². The summed E-state index contributed by atoms with van der Waals surface area (Å²) < 4.78 is 7.69. The molecule has 6 heteroatoms. The first-order valence-corrected chi connectivity index (χ1v) is 7.66. The highest BCUT2D eigenvalue weighted by molar-refractivity contribution is 6.01. The van der Waals surface area contributed by atoms with E-state index in [4.69, 9.17) is 10.3 Å². The fourth-order valence-corrected chi connectivity index (χ4v) is 3.18. The summed E-state index contributed by atoms with van der Waals surface area (Å²) in [5, 5.41) is 5.14. The third-order valence-electron chi connectivity index (χ3n) is 4.34. The maximum Gasteiger partial charge on any atom is 0.146 e. The molecule has 0 aromatic carbocycles. The number of anilines is 1. The van der Waals surface area contributed by atoms with E-state index in [1.807, 2.05) is 6.07 Å². The minimum atomic E-state index is 0.278. The van der Waals surface area contributed by atoms with E-state index in [-0.39, 0.29) is 6.04 Å². The van der Waals surface area contributed by atoms with Crippen LogP contribution in [0.25, 0.3) is 22.3 Å². The van der Waals surface area contributed by atoms with Crippen molar-refractivity contribution in [2.45, 2.75) is 45.6 Å². The molecule has 0 atom stereocenters. The lowest BCUT2D eigenvalue weighted by Gasteiger charge is -2.11. The average Bonchev–Trinajstić information content (AvgIpc) is 3.12. The van der Waals surface area contributed by atoms with E-state index in [1.54, 1.807) is 0 Å². The van der Waals surface area contributed by atoms with Crippen LogP contribution in [0.3, 0.4) is 0 Å². The van der Waals surface area contributed by atoms with Crippen molar-refractivity contribution in [1.29, 1.82) is 0 Å². The molecule has 3 aromatic rings. The van der Waals surface area contributed by atoms with Crippen LogP contribution >= 0.6 is 0 Å². The summed E-state index contributed by atoms with van der Waals surface area (Å²) in [5.74, 6) is 1.99. The number of fused-ring (bicyclic) bond motifs is 1. The molecule has 0 amide bonds. The van der Waals surface area contributed by atoms with Crippen LogP contribution in [0, 0.1) is 6.92 Å². The number of nitrogens with two attached hydrogens (primary N) is 1. The van der Waals surface area contributed by atoms with Gasteiger partial charge in [0, 0.05) is 29.3 Å². The molecule has 4 rings (SSSR count). The molecule has 3 aromatic heterocycles. The van der Waals surface area contributed by atoms with Crippen LogP contribution in [-0.2, 0) is 0 Å². The summed E-state index contributed by atoms with van der Waals surface area (Å²) in [7, 11) is 0. The van der Waals surface area contributed by atoms with Gasteiger partial charge in [-0.25, -0.2) is 9.97 Å². The fourth-order valence-electron chi connectivity index (χ4n) is 3.18. The van der Waals surface area contributed by atoms with Gasteiger partial charge in [-0.2, -0.15) is 0 Å². The van der Waals surface area contributed by atoms with Gasteiger partial charge in [0.05, 0.1) is 5.39 Å². The Labute approximate surface area is 128 Å². The van der Waals surface area contributed by atoms with Crippen molar-refractivity contribution in [3.05, 3.63) is 23.8 Å². The van der Waals surface area contributed by atoms with Crippen LogP contribution in [0.5, 0.6) is 0 Å². The lowest BCUT2D eigenvalue weighted by Crippen LogP contribution is -2.04. The maximum absolute atomic E-state index is 6.13. The lowest BCUT2D eigenvalue weighted by atomic mass is 10.1. The molecule has 2 N–H and O–H groups in total. The van der Waals surface area contributed by atoms with E-state index in [9.17, 15) is 0 Å². The van der Waals surface area contributed by atoms with Crippen molar-refractivity contribution in [1.82, 2.24) is 19.7 Å². The quantitative estimate of drug-likeness (QED) is 0.800. The number of hydrogen-bond donors (Lipinski definition) is 1. The van der Waals surface area contributed by atoms with Crippen LogP contribution in [0.1, 0.15) is 50.1 Å². The molecule has 22 heavy (non-hydrogen) atoms. The molecule has 0 unspecified atom stereocenters. The molecule has 0 radical (unpaired) electrons. The second kappa shape index (κ2) is 4.56. The Morgan fingerprint density at radius 3 is 2.77 bits per heavy atom. The fraction of sp³-hybridized carbons (Fsp3) is 0.438. The van der Waals surface area contributed by atoms with Crippen LogP contribution < -0.4 is 5.73 Å². The predicted octanol–water partition coefficient (Wildman–Crippen LogP) is 3.44. The number of aromatic nitrogens is 4. The number of nitrogen functional groups attached to an aromatic ring is 1. The molecule has 3 heterocycles. The van der Waals surface area contributed by atoms with Gasteiger partial charge < -0.3 is 14.8 Å². The monoisotopic (exact) mass is 297 g/mol. The van der Waals surface area contributed by atoms with Crippen molar-refractivity contribution in [2.24, 2.45) is 0 Å². The summed E-state index contributed by atoms with van der Waals surface area (Å²) in [6, 6.07) is 2.32. The lowest BCUT2D eigenvalue weighted by molar-refractivity contribution is 0.386. The van der Waals surface area contributed by atoms with Crippen LogP contribution in [-0.4, -0.2) is 19.7 Å². The molecule has 1 fully saturated rings. The molecular weight excluding hydrogens is 278 g/mol. The molecule has 0 spiro atoms. The zero-order valence-electron chi connectivity index (χ0n) is 13.0. The molecule has 1 aliphatic carbocycles. The smallest absolute Gasteiger partial charge is 0.146 e. The van der Waals surface area contributed by atoms with Crippen molar-refractivity contribution in [2.75, 3.05) is 5.73 Å². The Morgan fingerprint density at radius 2 is 2.09 bits per heavy atom. The average molecular weight is 297 g/mol. The highest BCUT2D eigenvalue weighted by atomic mass is 16.5. The molecule has 0 aliphatic heterocycles. The van der Waals surface area contributed by atoms with E-state index in [2.05, 4.69) is 40.5 Å². The van der Waals surface area contributed by atoms with Gasteiger partial charge in [0.2, 0.25) is 0 Å². The predicted molar refractivity (Wildman–Crippen MR) is 84.5 cm³/mol. The first-order valence-electron chi connectivity index (χ1n) is 7.66. The van der Waals surface area contributed by atoms with Crippen molar-refractivity contribution in [3.63, 3.8) is 0 Å². The largest absolute Gasteiger partial charge is 0.383 e. The van der Waals surface area contributed by atoms with E-state index >= 15 is 0 Å². The summed E-state index contributed by atoms with van der Waals surface area (Å²) in [4.78, 5) is 8.59. The minimum Gasteiger partial charge on any atom is -0.383 e. The molecule has 6 nitrogen and oxygen atoms in total. The Kier molecular flexibility index (Phi) is 2.76. The second-order valence-corrected chi connectivity index (χ2v) is 6.27. The van der Waals surface area contributed by atoms with Gasteiger partial charge >= 0.3 is 0 Å². The number of hydrogen-bond acceptors (Lipinski definition) is 5. The van der Waals surface area contributed by atoms with Gasteiger partial charge in [-0.3, -0.25) is 0 Å². The third-order valence-corrected chi connectivity index (χ3v) is 4.34. The molecule has 0 saturated heterocycles. The number of rotatable bonds is 3. The number of nitrogens with zero attached hydrogens (tertiary/aromatic N) is 4. The zero-order chi connectivity index (χ0) is 15.4. The molecule has 0 bridgehead atoms. The first kappa shape index (κ1) is 13.3. The summed E-state index contributed by atoms with van der Waals surface area (Å²) in [5.41, 5.74) is 9.88. The van der Waals surface area contributed by atoms with Crippen LogP contribution in [0.4, 0.5) is 5.82 Å². The summed E-state index contributed by atoms with van der Waals surface area (Å²) >= 11 is 0. The van der Waals surface area contributed by atoms with E-state index < -0.39 is 0 Å². The highest BCUT2D eigenvalue weighted by Crippen LogP contribution is 2.43. The van der Waals surface area contributed by atoms with Gasteiger partial charge in [0.15, 0.2) is 0 Å². The standard InChI is InChI=1S/C16H19N5O/c1-8(2)21-9(3)13(14-15(17)18-7-19-16(14)21)11-6-12(22-20-11)10-4-5-10/h6-8,10H,4-5H2,1-3H3,(H2,17,18,19). The normalized spacial score (nSPS) is 15.1. The van der Waals surface area contributed by atoms with Crippen molar-refractivity contribution >= 4 is 16.9 Å². The van der Waals surface area contributed by atoms with Crippen molar-refractivity contribution < 1.29 is 4.52 Å². The van der Waals surface area contributed by atoms with E-state index in [1.165, 1.54) is 19.2 Å². The Balaban J connectivity index is 2.01. The van der Waals surface area contributed by atoms with E-state index in [0.29, 0.717) is 11.7 Å². The second-order valence-electron chi connectivity index (χ2n) is 6.27. The first-order chi connectivity index (χ1) is 10.6. The maximum atomic E-state index is 6.13. The highest BCUT2D eigenvalue weighted by Gasteiger charge is 2.29. The topological polar surface area (TPSA) is 82.8 Å². The summed E-state index contributed by atoms with van der Waals surface area (Å²) in [6.07, 6.45) is 3.89. The molecule has 114 valence electrons. The SMILES string of the molecule is Cc1c(-c2cc(C3CC3)on2)c2c(N)ncnc2n1C(C)C. The Hall–Kier alpha value is -2.37. The van der Waals surface area contributed by atoms with Gasteiger partial charge in [0.25, 0.3) is 0 Å². The molecule has 1 saturated carbocycles. The zero-order valence-corrected chi connectivity index (χ0v) is 13.0.